The molecule has 5 nitrogen and oxygen atoms in total. The molecule has 1 aliphatic heterocycles. The molecule has 0 spiro atoms. The van der Waals surface area contributed by atoms with E-state index >= 15 is 0 Å². The summed E-state index contributed by atoms with van der Waals surface area (Å²) in [5.74, 6) is -0.507. The van der Waals surface area contributed by atoms with Crippen molar-refractivity contribution in [2.24, 2.45) is 5.73 Å². The second kappa shape index (κ2) is 3.16. The maximum atomic E-state index is 10.2. The number of rotatable bonds is 1. The van der Waals surface area contributed by atoms with Crippen LogP contribution >= 0.6 is 12.4 Å². The number of amides is 1. The van der Waals surface area contributed by atoms with Crippen LogP contribution in [0.25, 0.3) is 0 Å². The number of nitrogens with one attached hydrogen (secondary N) is 2. The average molecular weight is 152 g/mol. The van der Waals surface area contributed by atoms with Crippen molar-refractivity contribution in [1.29, 1.82) is 0 Å². The summed E-state index contributed by atoms with van der Waals surface area (Å²) >= 11 is 0. The maximum Gasteiger partial charge on any atom is 0.288 e. The molecule has 0 bridgehead atoms. The van der Waals surface area contributed by atoms with Crippen molar-refractivity contribution in [2.45, 2.75) is 0 Å². The monoisotopic (exact) mass is 151 g/mol. The quantitative estimate of drug-likeness (QED) is 0.439. The van der Waals surface area contributed by atoms with Crippen LogP contribution in [0.3, 0.4) is 0 Å². The first kappa shape index (κ1) is 8.06. The van der Waals surface area contributed by atoms with Crippen LogP contribution in [0.2, 0.25) is 0 Å². The van der Waals surface area contributed by atoms with Crippen LogP contribution in [0.4, 0.5) is 0 Å². The molecule has 0 saturated carbocycles. The summed E-state index contributed by atoms with van der Waals surface area (Å²) in [4.78, 5) is 14.6. The van der Waals surface area contributed by atoms with Gasteiger partial charge in [-0.25, -0.2) is 0 Å². The van der Waals surface area contributed by atoms with Gasteiger partial charge < -0.3 is 10.6 Å². The summed E-state index contributed by atoms with van der Waals surface area (Å²) in [6, 6.07) is 0. The predicted octanol–water partition coefficient (Wildman–Crippen LogP) is -1.23. The molecule has 0 aromatic carbocycles. The van der Waals surface area contributed by atoms with Crippen molar-refractivity contribution >= 4 is 18.3 Å². The smallest absolute Gasteiger partial charge is 0.288 e. The maximum absolute atomic E-state index is 10.2. The van der Waals surface area contributed by atoms with Gasteiger partial charge in [0.15, 0.2) is 0 Å². The van der Waals surface area contributed by atoms with Crippen molar-refractivity contribution in [3.63, 3.8) is 0 Å². The predicted molar refractivity (Wildman–Crippen MR) is 31.9 cm³/mol. The van der Waals surface area contributed by atoms with Gasteiger partial charge in [-0.1, -0.05) is 5.59 Å². The van der Waals surface area contributed by atoms with Crippen LogP contribution in [0.1, 0.15) is 0 Å². The van der Waals surface area contributed by atoms with Crippen LogP contribution < -0.4 is 16.7 Å². The highest BCUT2D eigenvalue weighted by Crippen LogP contribution is 1.93. The lowest BCUT2D eigenvalue weighted by atomic mass is 10.5. The normalized spacial score (nSPS) is 14.4. The molecule has 6 heteroatoms. The Kier molecular flexibility index (Phi) is 2.83. The minimum absolute atomic E-state index is 0. The number of hydrogen-bond donors (Lipinski definition) is 3. The fraction of sp³-hybridized carbons (Fsp3) is 0. The molecule has 0 fully saturated rings. The SMILES string of the molecule is Cl.NC(=O)C1=CNNO1. The molecule has 4 N–H and O–H groups in total. The highest BCUT2D eigenvalue weighted by Gasteiger charge is 2.09. The van der Waals surface area contributed by atoms with E-state index in [4.69, 9.17) is 5.73 Å². The number of hydrazine groups is 1. The molecule has 52 valence electrons. The molecule has 0 aromatic heterocycles. The van der Waals surface area contributed by atoms with Crippen molar-refractivity contribution < 1.29 is 9.63 Å². The van der Waals surface area contributed by atoms with Crippen molar-refractivity contribution in [2.75, 3.05) is 0 Å². The van der Waals surface area contributed by atoms with Crippen LogP contribution in [0.5, 0.6) is 0 Å². The summed E-state index contributed by atoms with van der Waals surface area (Å²) in [6.45, 7) is 0. The number of nitrogens with two attached hydrogens (primary N) is 1. The minimum atomic E-state index is -0.595. The molecule has 0 unspecified atom stereocenters. The lowest BCUT2D eigenvalue weighted by Gasteiger charge is -1.92. The van der Waals surface area contributed by atoms with Crippen molar-refractivity contribution in [1.82, 2.24) is 11.0 Å². The largest absolute Gasteiger partial charge is 0.382 e. The topological polar surface area (TPSA) is 76.4 Å². The van der Waals surface area contributed by atoms with Crippen molar-refractivity contribution in [3.8, 4) is 0 Å². The molecule has 9 heavy (non-hydrogen) atoms. The van der Waals surface area contributed by atoms with Gasteiger partial charge in [0.05, 0.1) is 6.20 Å². The van der Waals surface area contributed by atoms with Gasteiger partial charge in [0, 0.05) is 0 Å². The Bertz CT molecular complexity index is 146. The Hall–Kier alpha value is -0.940. The highest BCUT2D eigenvalue weighted by atomic mass is 35.5. The van der Waals surface area contributed by atoms with E-state index in [1.807, 2.05) is 0 Å². The van der Waals surface area contributed by atoms with E-state index in [2.05, 4.69) is 15.9 Å². The molecule has 0 radical (unpaired) electrons. The van der Waals surface area contributed by atoms with Gasteiger partial charge in [0.1, 0.15) is 0 Å². The van der Waals surface area contributed by atoms with Gasteiger partial charge in [0.2, 0.25) is 5.76 Å². The third-order valence-electron chi connectivity index (χ3n) is 0.666. The van der Waals surface area contributed by atoms with E-state index in [-0.39, 0.29) is 18.2 Å². The van der Waals surface area contributed by atoms with E-state index in [0.717, 1.165) is 0 Å². The summed E-state index contributed by atoms with van der Waals surface area (Å²) in [6.07, 6.45) is 1.34. The zero-order valence-electron chi connectivity index (χ0n) is 4.38. The van der Waals surface area contributed by atoms with Gasteiger partial charge >= 0.3 is 0 Å². The highest BCUT2D eigenvalue weighted by molar-refractivity contribution is 5.89. The molecule has 0 atom stereocenters. The number of primary amides is 1. The Morgan fingerprint density at radius 2 is 2.44 bits per heavy atom. The summed E-state index contributed by atoms with van der Waals surface area (Å²) in [7, 11) is 0. The molecular formula is C3H6ClN3O2. The second-order valence-corrected chi connectivity index (χ2v) is 1.22. The molecular weight excluding hydrogens is 146 g/mol. The number of carbonyl (C=O) groups is 1. The van der Waals surface area contributed by atoms with E-state index < -0.39 is 5.91 Å². The first-order valence-corrected chi connectivity index (χ1v) is 1.98. The Morgan fingerprint density at radius 1 is 1.78 bits per heavy atom. The Labute approximate surface area is 57.6 Å². The molecule has 1 heterocycles. The zero-order chi connectivity index (χ0) is 5.98. The zero-order valence-corrected chi connectivity index (χ0v) is 5.20. The third kappa shape index (κ3) is 1.79. The lowest BCUT2D eigenvalue weighted by molar-refractivity contribution is -0.118. The summed E-state index contributed by atoms with van der Waals surface area (Å²) in [5.41, 5.74) is 9.41. The third-order valence-corrected chi connectivity index (χ3v) is 0.666. The van der Waals surface area contributed by atoms with Gasteiger partial charge in [-0.05, 0) is 0 Å². The van der Waals surface area contributed by atoms with Crippen LogP contribution in [0.15, 0.2) is 12.0 Å². The van der Waals surface area contributed by atoms with E-state index in [0.29, 0.717) is 0 Å². The minimum Gasteiger partial charge on any atom is -0.382 e. The molecule has 1 aliphatic rings. The van der Waals surface area contributed by atoms with E-state index in [1.54, 1.807) is 0 Å². The fourth-order valence-electron chi connectivity index (χ4n) is 0.330. The first-order chi connectivity index (χ1) is 3.80. The van der Waals surface area contributed by atoms with E-state index in [1.165, 1.54) is 6.20 Å². The summed E-state index contributed by atoms with van der Waals surface area (Å²) in [5, 5.41) is 0. The molecule has 0 aliphatic carbocycles. The number of carbonyl (C=O) groups excluding carboxylic acids is 1. The van der Waals surface area contributed by atoms with Gasteiger partial charge in [-0.3, -0.25) is 10.2 Å². The van der Waals surface area contributed by atoms with Crippen LogP contribution in [-0.2, 0) is 9.63 Å². The van der Waals surface area contributed by atoms with Gasteiger partial charge in [0.25, 0.3) is 5.91 Å². The fourth-order valence-corrected chi connectivity index (χ4v) is 0.330. The second-order valence-electron chi connectivity index (χ2n) is 1.22. The number of halogens is 1. The van der Waals surface area contributed by atoms with Crippen LogP contribution in [0, 0.1) is 0 Å². The Balaban J connectivity index is 0.000000640. The molecule has 1 amide bonds. The van der Waals surface area contributed by atoms with Crippen LogP contribution in [-0.4, -0.2) is 5.91 Å². The Morgan fingerprint density at radius 3 is 2.67 bits per heavy atom. The molecule has 0 saturated heterocycles. The van der Waals surface area contributed by atoms with E-state index in [9.17, 15) is 4.79 Å². The van der Waals surface area contributed by atoms with Gasteiger partial charge in [-0.15, -0.1) is 12.4 Å². The lowest BCUT2D eigenvalue weighted by Crippen LogP contribution is -2.20. The number of hydrogen-bond acceptors (Lipinski definition) is 4. The average Bonchev–Trinajstić information content (AvgIpc) is 2.12. The molecule has 1 rings (SSSR count). The molecule has 0 aromatic rings. The van der Waals surface area contributed by atoms with Gasteiger partial charge in [-0.2, -0.15) is 0 Å². The summed E-state index contributed by atoms with van der Waals surface area (Å²) < 4.78 is 0. The van der Waals surface area contributed by atoms with Crippen molar-refractivity contribution in [3.05, 3.63) is 12.0 Å². The first-order valence-electron chi connectivity index (χ1n) is 1.98. The standard InChI is InChI=1S/C3H5N3O2.ClH/c4-3(7)2-1-5-6-8-2;/h1,5-6H,(H2,4,7);1H.